The van der Waals surface area contributed by atoms with Crippen molar-refractivity contribution in [2.24, 2.45) is 4.99 Å². The van der Waals surface area contributed by atoms with Gasteiger partial charge in [0.15, 0.2) is 0 Å². The third-order valence-corrected chi connectivity index (χ3v) is 5.30. The molecule has 0 bridgehead atoms. The predicted octanol–water partition coefficient (Wildman–Crippen LogP) is 7.66. The van der Waals surface area contributed by atoms with Gasteiger partial charge < -0.3 is 0 Å². The minimum atomic E-state index is 0.121. The van der Waals surface area contributed by atoms with Crippen LogP contribution in [0.15, 0.2) is 120 Å². The smallest absolute Gasteiger partial charge is 0.0771 e. The van der Waals surface area contributed by atoms with Crippen LogP contribution in [0.1, 0.15) is 41.5 Å². The van der Waals surface area contributed by atoms with Crippen molar-refractivity contribution in [3.8, 4) is 0 Å². The lowest BCUT2D eigenvalue weighted by atomic mass is 9.84. The highest BCUT2D eigenvalue weighted by Gasteiger charge is 2.19. The Bertz CT molecular complexity index is 1100. The molecule has 146 valence electrons. The van der Waals surface area contributed by atoms with Crippen molar-refractivity contribution in [2.45, 2.75) is 19.3 Å². The van der Waals surface area contributed by atoms with E-state index >= 15 is 0 Å². The van der Waals surface area contributed by atoms with Crippen molar-refractivity contribution in [1.29, 1.82) is 0 Å². The van der Waals surface area contributed by atoms with E-state index in [-0.39, 0.29) is 5.92 Å². The van der Waals surface area contributed by atoms with Gasteiger partial charge in [0, 0.05) is 11.5 Å². The molecule has 1 nitrogen and oxygen atoms in total. The highest BCUT2D eigenvalue weighted by atomic mass is 14.7. The van der Waals surface area contributed by atoms with Crippen LogP contribution in [0.2, 0.25) is 0 Å². The molecule has 0 aliphatic heterocycles. The second kappa shape index (κ2) is 9.69. The van der Waals surface area contributed by atoms with Crippen molar-refractivity contribution in [2.75, 3.05) is 0 Å². The number of aliphatic imine (C=N–C) groups is 1. The molecule has 0 heterocycles. The molecule has 1 heteroatoms. The molecule has 0 aliphatic carbocycles. The number of hydrogen-bond donors (Lipinski definition) is 0. The molecule has 0 radical (unpaired) electrons. The second-order valence-corrected chi connectivity index (χ2v) is 7.23. The Morgan fingerprint density at radius 2 is 1.17 bits per heavy atom. The van der Waals surface area contributed by atoms with Gasteiger partial charge in [-0.05, 0) is 40.6 Å². The van der Waals surface area contributed by atoms with Gasteiger partial charge in [-0.15, -0.1) is 0 Å². The number of para-hydroxylation sites is 1. The standard InChI is InChI=1S/C29H25N/c1-2-23(24-14-6-3-7-15-24)22-30-28-21-13-12-20-27(28)29(25-16-8-4-9-17-25)26-18-10-5-11-19-26/h3-21,29H,2H2,1H3. The van der Waals surface area contributed by atoms with Crippen molar-refractivity contribution in [3.05, 3.63) is 138 Å². The highest BCUT2D eigenvalue weighted by Crippen LogP contribution is 2.37. The van der Waals surface area contributed by atoms with Gasteiger partial charge in [0.05, 0.1) is 5.69 Å². The first-order valence-corrected chi connectivity index (χ1v) is 10.4. The Labute approximate surface area is 179 Å². The first-order chi connectivity index (χ1) is 14.9. The zero-order valence-electron chi connectivity index (χ0n) is 17.2. The van der Waals surface area contributed by atoms with Crippen LogP contribution in [0.4, 0.5) is 5.69 Å². The monoisotopic (exact) mass is 387 g/mol. The summed E-state index contributed by atoms with van der Waals surface area (Å²) >= 11 is 0. The predicted molar refractivity (Wildman–Crippen MR) is 128 cm³/mol. The van der Waals surface area contributed by atoms with Gasteiger partial charge in [0.1, 0.15) is 0 Å². The fourth-order valence-electron chi connectivity index (χ4n) is 3.79. The summed E-state index contributed by atoms with van der Waals surface area (Å²) in [6.07, 6.45) is 0.885. The third-order valence-electron chi connectivity index (χ3n) is 5.30. The van der Waals surface area contributed by atoms with E-state index in [1.54, 1.807) is 0 Å². The molecular formula is C29H25N. The van der Waals surface area contributed by atoms with Crippen LogP contribution >= 0.6 is 0 Å². The summed E-state index contributed by atoms with van der Waals surface area (Å²) in [5, 5.41) is 0. The number of hydrogen-bond acceptors (Lipinski definition) is 1. The molecule has 0 unspecified atom stereocenters. The second-order valence-electron chi connectivity index (χ2n) is 7.23. The summed E-state index contributed by atoms with van der Waals surface area (Å²) in [5.74, 6) is 3.46. The van der Waals surface area contributed by atoms with E-state index in [9.17, 15) is 0 Å². The van der Waals surface area contributed by atoms with Crippen LogP contribution in [0.5, 0.6) is 0 Å². The normalized spacial score (nSPS) is 10.5. The van der Waals surface area contributed by atoms with Gasteiger partial charge in [-0.3, -0.25) is 0 Å². The summed E-state index contributed by atoms with van der Waals surface area (Å²) in [6.45, 7) is 2.15. The molecular weight excluding hydrogens is 362 g/mol. The van der Waals surface area contributed by atoms with E-state index in [2.05, 4.69) is 116 Å². The minimum absolute atomic E-state index is 0.121. The number of benzene rings is 4. The van der Waals surface area contributed by atoms with E-state index < -0.39 is 0 Å². The molecule has 0 aliphatic rings. The summed E-state index contributed by atoms with van der Waals surface area (Å²) in [4.78, 5) is 4.84. The summed E-state index contributed by atoms with van der Waals surface area (Å²) < 4.78 is 0. The molecule has 0 spiro atoms. The fraction of sp³-hybridized carbons (Fsp3) is 0.103. The van der Waals surface area contributed by atoms with Crippen LogP contribution in [0.3, 0.4) is 0 Å². The van der Waals surface area contributed by atoms with Crippen LogP contribution in [0.25, 0.3) is 5.57 Å². The Morgan fingerprint density at radius 1 is 0.667 bits per heavy atom. The van der Waals surface area contributed by atoms with E-state index in [4.69, 9.17) is 4.99 Å². The van der Waals surface area contributed by atoms with Crippen LogP contribution < -0.4 is 0 Å². The van der Waals surface area contributed by atoms with Gasteiger partial charge in [-0.1, -0.05) is 116 Å². The maximum Gasteiger partial charge on any atom is 0.0771 e. The molecule has 4 aromatic carbocycles. The first kappa shape index (κ1) is 19.6. The fourth-order valence-corrected chi connectivity index (χ4v) is 3.79. The first-order valence-electron chi connectivity index (χ1n) is 10.4. The van der Waals surface area contributed by atoms with Gasteiger partial charge in [-0.25, -0.2) is 4.99 Å². The zero-order chi connectivity index (χ0) is 20.6. The van der Waals surface area contributed by atoms with Crippen LogP contribution in [-0.2, 0) is 0 Å². The Balaban J connectivity index is 1.84. The number of allylic oxidation sites excluding steroid dienone is 1. The minimum Gasteiger partial charge on any atom is -0.206 e. The lowest BCUT2D eigenvalue weighted by Gasteiger charge is -2.20. The van der Waals surface area contributed by atoms with E-state index in [0.29, 0.717) is 0 Å². The van der Waals surface area contributed by atoms with E-state index in [1.165, 1.54) is 22.3 Å². The highest BCUT2D eigenvalue weighted by molar-refractivity contribution is 5.91. The van der Waals surface area contributed by atoms with Gasteiger partial charge in [0.25, 0.3) is 0 Å². The molecule has 0 N–H and O–H groups in total. The molecule has 0 saturated heterocycles. The molecule has 4 rings (SSSR count). The third kappa shape index (κ3) is 4.49. The maximum absolute atomic E-state index is 4.84. The molecule has 0 saturated carbocycles. The summed E-state index contributed by atoms with van der Waals surface area (Å²) in [6, 6.07) is 40.1. The molecule has 0 amide bonds. The summed E-state index contributed by atoms with van der Waals surface area (Å²) in [7, 11) is 0. The Morgan fingerprint density at radius 3 is 1.73 bits per heavy atom. The Hall–Kier alpha value is -3.67. The van der Waals surface area contributed by atoms with Crippen molar-refractivity contribution in [3.63, 3.8) is 0 Å². The molecule has 4 aromatic rings. The topological polar surface area (TPSA) is 12.4 Å². The average molecular weight is 388 g/mol. The van der Waals surface area contributed by atoms with E-state index in [0.717, 1.165) is 17.7 Å². The van der Waals surface area contributed by atoms with Crippen molar-refractivity contribution < 1.29 is 0 Å². The Kier molecular flexibility index (Phi) is 6.35. The molecule has 30 heavy (non-hydrogen) atoms. The van der Waals surface area contributed by atoms with Gasteiger partial charge >= 0.3 is 0 Å². The van der Waals surface area contributed by atoms with Gasteiger partial charge in [0.2, 0.25) is 0 Å². The van der Waals surface area contributed by atoms with Crippen molar-refractivity contribution >= 4 is 17.1 Å². The van der Waals surface area contributed by atoms with E-state index in [1.807, 2.05) is 12.1 Å². The molecule has 0 fully saturated rings. The zero-order valence-corrected chi connectivity index (χ0v) is 17.2. The maximum atomic E-state index is 4.84. The summed E-state index contributed by atoms with van der Waals surface area (Å²) in [5.41, 5.74) is 6.94. The lowest BCUT2D eigenvalue weighted by molar-refractivity contribution is 0.976. The largest absolute Gasteiger partial charge is 0.206 e. The average Bonchev–Trinajstić information content (AvgIpc) is 2.83. The van der Waals surface area contributed by atoms with Crippen molar-refractivity contribution in [1.82, 2.24) is 0 Å². The number of rotatable bonds is 6. The SMILES string of the molecule is CCC(=C=Nc1ccccc1C(c1ccccc1)c1ccccc1)c1ccccc1. The number of nitrogens with zero attached hydrogens (tertiary/aromatic N) is 1. The van der Waals surface area contributed by atoms with Crippen LogP contribution in [0, 0.1) is 0 Å². The lowest BCUT2D eigenvalue weighted by Crippen LogP contribution is -2.03. The van der Waals surface area contributed by atoms with Crippen LogP contribution in [-0.4, -0.2) is 5.87 Å². The van der Waals surface area contributed by atoms with Gasteiger partial charge in [-0.2, -0.15) is 0 Å². The quantitative estimate of drug-likeness (QED) is 0.238. The molecule has 0 aromatic heterocycles. The molecule has 0 atom stereocenters.